The van der Waals surface area contributed by atoms with E-state index >= 15 is 0 Å². The number of ether oxygens (including phenoxy) is 1. The van der Waals surface area contributed by atoms with Gasteiger partial charge in [-0.2, -0.15) is 0 Å². The summed E-state index contributed by atoms with van der Waals surface area (Å²) in [5.74, 6) is -0.295. The molecular formula is C29H38N2O4. The van der Waals surface area contributed by atoms with Crippen LogP contribution in [0, 0.1) is 0 Å². The van der Waals surface area contributed by atoms with Crippen LogP contribution in [0.4, 0.5) is 5.69 Å². The summed E-state index contributed by atoms with van der Waals surface area (Å²) >= 11 is 0. The van der Waals surface area contributed by atoms with Crippen LogP contribution in [0.15, 0.2) is 60.7 Å². The molecule has 1 fully saturated rings. The van der Waals surface area contributed by atoms with Crippen LogP contribution in [-0.4, -0.2) is 54.3 Å². The number of carbonyl (C=O) groups is 3. The highest BCUT2D eigenvalue weighted by molar-refractivity contribution is 6.02. The Bertz CT molecular complexity index is 953. The number of hydrogen-bond donors (Lipinski definition) is 0. The van der Waals surface area contributed by atoms with Gasteiger partial charge >= 0.3 is 5.97 Å². The summed E-state index contributed by atoms with van der Waals surface area (Å²) in [6.07, 6.45) is 3.66. The molecule has 6 nitrogen and oxygen atoms in total. The molecule has 0 aliphatic carbocycles. The highest BCUT2D eigenvalue weighted by Gasteiger charge is 2.50. The average molecular weight is 479 g/mol. The molecule has 0 aromatic heterocycles. The van der Waals surface area contributed by atoms with Gasteiger partial charge in [0.05, 0.1) is 6.61 Å². The van der Waals surface area contributed by atoms with Gasteiger partial charge in [0.15, 0.2) is 0 Å². The fourth-order valence-electron chi connectivity index (χ4n) is 4.71. The zero-order valence-corrected chi connectivity index (χ0v) is 21.1. The molecule has 1 aliphatic heterocycles. The number of likely N-dealkylation sites (tertiary alicyclic amines) is 1. The van der Waals surface area contributed by atoms with Gasteiger partial charge in [0.2, 0.25) is 5.91 Å². The summed E-state index contributed by atoms with van der Waals surface area (Å²) in [5.41, 5.74) is 0.958. The number of nitrogens with zero attached hydrogens (tertiary/aromatic N) is 2. The number of anilines is 1. The van der Waals surface area contributed by atoms with Gasteiger partial charge in [-0.15, -0.1) is 0 Å². The van der Waals surface area contributed by atoms with Gasteiger partial charge in [-0.3, -0.25) is 14.5 Å². The van der Waals surface area contributed by atoms with Gasteiger partial charge in [0.1, 0.15) is 11.3 Å². The minimum atomic E-state index is -1.05. The van der Waals surface area contributed by atoms with Crippen LogP contribution in [0.5, 0.6) is 0 Å². The van der Waals surface area contributed by atoms with Crippen LogP contribution >= 0.6 is 0 Å². The number of piperidine rings is 1. The third kappa shape index (κ3) is 7.01. The summed E-state index contributed by atoms with van der Waals surface area (Å²) in [4.78, 5) is 42.6. The first kappa shape index (κ1) is 26.6. The second-order valence-corrected chi connectivity index (χ2v) is 9.16. The van der Waals surface area contributed by atoms with Crippen molar-refractivity contribution in [2.45, 2.75) is 64.3 Å². The van der Waals surface area contributed by atoms with Crippen LogP contribution < -0.4 is 4.90 Å². The Kier molecular flexibility index (Phi) is 10.0. The molecule has 0 N–H and O–H groups in total. The minimum absolute atomic E-state index is 0.0907. The molecule has 0 bridgehead atoms. The maximum absolute atomic E-state index is 13.6. The third-order valence-corrected chi connectivity index (χ3v) is 6.84. The summed E-state index contributed by atoms with van der Waals surface area (Å²) in [7, 11) is 0. The van der Waals surface area contributed by atoms with Crippen molar-refractivity contribution in [3.63, 3.8) is 0 Å². The lowest BCUT2D eigenvalue weighted by Gasteiger charge is -2.46. The Morgan fingerprint density at radius 1 is 0.914 bits per heavy atom. The van der Waals surface area contributed by atoms with E-state index in [-0.39, 0.29) is 24.3 Å². The Morgan fingerprint density at radius 3 is 2.14 bits per heavy atom. The summed E-state index contributed by atoms with van der Waals surface area (Å²) in [5, 5.41) is 0. The molecule has 0 unspecified atom stereocenters. The van der Waals surface area contributed by atoms with Gasteiger partial charge < -0.3 is 9.64 Å². The molecule has 35 heavy (non-hydrogen) atoms. The largest absolute Gasteiger partial charge is 0.464 e. The average Bonchev–Trinajstić information content (AvgIpc) is 2.91. The topological polar surface area (TPSA) is 66.9 Å². The van der Waals surface area contributed by atoms with Crippen LogP contribution in [0.2, 0.25) is 0 Å². The van der Waals surface area contributed by atoms with E-state index in [2.05, 4.69) is 29.2 Å². The van der Waals surface area contributed by atoms with Crippen molar-refractivity contribution >= 4 is 23.3 Å². The molecule has 1 heterocycles. The monoisotopic (exact) mass is 478 g/mol. The molecule has 0 radical (unpaired) electrons. The number of esters is 1. The lowest BCUT2D eigenvalue weighted by Crippen LogP contribution is -2.63. The number of ketones is 1. The van der Waals surface area contributed by atoms with E-state index in [4.69, 9.17) is 4.74 Å². The predicted molar refractivity (Wildman–Crippen MR) is 138 cm³/mol. The van der Waals surface area contributed by atoms with Crippen molar-refractivity contribution in [1.29, 1.82) is 0 Å². The first-order chi connectivity index (χ1) is 17.0. The Labute approximate surface area is 209 Å². The fourth-order valence-corrected chi connectivity index (χ4v) is 4.71. The molecule has 3 rings (SSSR count). The van der Waals surface area contributed by atoms with E-state index in [1.165, 1.54) is 5.56 Å². The maximum Gasteiger partial charge on any atom is 0.332 e. The van der Waals surface area contributed by atoms with Gasteiger partial charge in [0, 0.05) is 44.6 Å². The van der Waals surface area contributed by atoms with Crippen LogP contribution in [0.3, 0.4) is 0 Å². The molecule has 1 amide bonds. The van der Waals surface area contributed by atoms with Crippen LogP contribution in [0.1, 0.15) is 57.9 Å². The van der Waals surface area contributed by atoms with Crippen LogP contribution in [0.25, 0.3) is 0 Å². The van der Waals surface area contributed by atoms with Crippen LogP contribution in [-0.2, 0) is 25.5 Å². The highest BCUT2D eigenvalue weighted by atomic mass is 16.5. The van der Waals surface area contributed by atoms with Gasteiger partial charge in [-0.1, -0.05) is 62.4 Å². The zero-order chi connectivity index (χ0) is 25.1. The predicted octanol–water partition coefficient (Wildman–Crippen LogP) is 4.81. The van der Waals surface area contributed by atoms with E-state index < -0.39 is 5.54 Å². The fraction of sp³-hybridized carbons (Fsp3) is 0.483. The molecule has 0 saturated carbocycles. The standard InChI is InChI=1S/C29H38N2O4/c1-3-26(32)16-11-23-35-28(34)29(31(27(33)4-2)25-14-9-6-10-15-25)18-21-30(22-19-29)20-17-24-12-7-5-8-13-24/h5-10,12-15H,3-4,11,16-23H2,1-2H3. The second-order valence-electron chi connectivity index (χ2n) is 9.16. The van der Waals surface area contributed by atoms with Gasteiger partial charge in [-0.05, 0) is 43.4 Å². The second kappa shape index (κ2) is 13.2. The molecular weight excluding hydrogens is 440 g/mol. The Balaban J connectivity index is 1.77. The van der Waals surface area contributed by atoms with Crippen molar-refractivity contribution in [1.82, 2.24) is 4.90 Å². The van der Waals surface area contributed by atoms with E-state index in [0.29, 0.717) is 51.6 Å². The van der Waals surface area contributed by atoms with Crippen molar-refractivity contribution in [2.24, 2.45) is 0 Å². The number of carbonyl (C=O) groups excluding carboxylic acids is 3. The summed E-state index contributed by atoms with van der Waals surface area (Å²) in [6.45, 7) is 6.16. The first-order valence-electron chi connectivity index (χ1n) is 12.8. The van der Waals surface area contributed by atoms with Crippen molar-refractivity contribution in [3.05, 3.63) is 66.2 Å². The van der Waals surface area contributed by atoms with E-state index in [1.807, 2.05) is 50.2 Å². The normalized spacial score (nSPS) is 15.4. The van der Waals surface area contributed by atoms with E-state index in [0.717, 1.165) is 18.7 Å². The zero-order valence-electron chi connectivity index (χ0n) is 21.1. The van der Waals surface area contributed by atoms with Gasteiger partial charge in [-0.25, -0.2) is 4.79 Å². The molecule has 1 aliphatic rings. The van der Waals surface area contributed by atoms with Crippen molar-refractivity contribution in [2.75, 3.05) is 31.1 Å². The molecule has 6 heteroatoms. The molecule has 0 spiro atoms. The lowest BCUT2D eigenvalue weighted by atomic mass is 9.84. The molecule has 1 saturated heterocycles. The SMILES string of the molecule is CCC(=O)CCCOC(=O)C1(N(C(=O)CC)c2ccccc2)CCN(CCc2ccccc2)CC1. The minimum Gasteiger partial charge on any atom is -0.464 e. The number of para-hydroxylation sites is 1. The maximum atomic E-state index is 13.6. The number of benzene rings is 2. The third-order valence-electron chi connectivity index (χ3n) is 6.84. The number of rotatable bonds is 12. The lowest BCUT2D eigenvalue weighted by molar-refractivity contribution is -0.154. The van der Waals surface area contributed by atoms with Crippen molar-refractivity contribution < 1.29 is 19.1 Å². The molecule has 2 aromatic carbocycles. The number of Topliss-reactive ketones (excluding diaryl/α,β-unsaturated/α-hetero) is 1. The van der Waals surface area contributed by atoms with Crippen molar-refractivity contribution in [3.8, 4) is 0 Å². The first-order valence-corrected chi connectivity index (χ1v) is 12.8. The Hall–Kier alpha value is -2.99. The van der Waals surface area contributed by atoms with E-state index in [9.17, 15) is 14.4 Å². The smallest absolute Gasteiger partial charge is 0.332 e. The summed E-state index contributed by atoms with van der Waals surface area (Å²) < 4.78 is 5.74. The molecule has 0 atom stereocenters. The van der Waals surface area contributed by atoms with E-state index in [1.54, 1.807) is 4.90 Å². The quantitative estimate of drug-likeness (QED) is 0.324. The number of amides is 1. The highest BCUT2D eigenvalue weighted by Crippen LogP contribution is 2.35. The number of hydrogen-bond acceptors (Lipinski definition) is 5. The Morgan fingerprint density at radius 2 is 1.54 bits per heavy atom. The molecule has 2 aromatic rings. The summed E-state index contributed by atoms with van der Waals surface area (Å²) in [6, 6.07) is 19.8. The molecule has 188 valence electrons. The van der Waals surface area contributed by atoms with Gasteiger partial charge in [0.25, 0.3) is 0 Å².